The second-order valence-corrected chi connectivity index (χ2v) is 8.35. The number of fused-ring (bicyclic) bond motifs is 1. The van der Waals surface area contributed by atoms with Gasteiger partial charge in [0.2, 0.25) is 5.91 Å². The minimum absolute atomic E-state index is 0.0197. The maximum atomic E-state index is 12.5. The van der Waals surface area contributed by atoms with E-state index in [0.717, 1.165) is 24.0 Å². The summed E-state index contributed by atoms with van der Waals surface area (Å²) >= 11 is 0. The first-order valence-corrected chi connectivity index (χ1v) is 10.3. The smallest absolute Gasteiger partial charge is 0.269 e. The molecule has 2 aromatic carbocycles. The molecule has 2 aliphatic carbocycles. The minimum Gasteiger partial charge on any atom is -0.489 e. The number of amides is 1. The van der Waals surface area contributed by atoms with Crippen molar-refractivity contribution >= 4 is 17.8 Å². The molecular weight excluding hydrogens is 382 g/mol. The largest absolute Gasteiger partial charge is 0.489 e. The van der Waals surface area contributed by atoms with Crippen LogP contribution < -0.4 is 10.2 Å². The van der Waals surface area contributed by atoms with E-state index in [1.807, 2.05) is 24.3 Å². The number of nitro groups is 1. The summed E-state index contributed by atoms with van der Waals surface area (Å²) in [4.78, 5) is 22.8. The highest BCUT2D eigenvalue weighted by atomic mass is 16.6. The Morgan fingerprint density at radius 1 is 1.30 bits per heavy atom. The third kappa shape index (κ3) is 4.20. The first-order valence-electron chi connectivity index (χ1n) is 10.3. The maximum Gasteiger partial charge on any atom is 0.269 e. The topological polar surface area (TPSA) is 93.8 Å². The number of hydrogen-bond acceptors (Lipinski definition) is 5. The number of hydrogen-bond donors (Lipinski definition) is 1. The lowest BCUT2D eigenvalue weighted by molar-refractivity contribution is -0.384. The van der Waals surface area contributed by atoms with E-state index in [1.54, 1.807) is 18.3 Å². The van der Waals surface area contributed by atoms with Crippen LogP contribution in [0, 0.1) is 27.4 Å². The second kappa shape index (κ2) is 8.26. The van der Waals surface area contributed by atoms with Crippen molar-refractivity contribution in [3.05, 3.63) is 69.8 Å². The van der Waals surface area contributed by atoms with E-state index in [4.69, 9.17) is 4.74 Å². The van der Waals surface area contributed by atoms with Crippen LogP contribution in [-0.2, 0) is 11.4 Å². The van der Waals surface area contributed by atoms with Crippen molar-refractivity contribution in [3.8, 4) is 5.75 Å². The Hall–Kier alpha value is -3.22. The average molecular weight is 407 g/mol. The summed E-state index contributed by atoms with van der Waals surface area (Å²) in [6.45, 7) is 2.52. The molecule has 0 radical (unpaired) electrons. The molecule has 0 spiro atoms. The predicted molar refractivity (Wildman–Crippen MR) is 113 cm³/mol. The lowest BCUT2D eigenvalue weighted by Gasteiger charge is -2.15. The van der Waals surface area contributed by atoms with Gasteiger partial charge in [0, 0.05) is 18.1 Å². The van der Waals surface area contributed by atoms with Gasteiger partial charge in [-0.15, -0.1) is 0 Å². The van der Waals surface area contributed by atoms with Gasteiger partial charge in [-0.2, -0.15) is 5.10 Å². The molecule has 2 fully saturated rings. The minimum atomic E-state index is -0.427. The Bertz CT molecular complexity index is 973. The molecule has 156 valence electrons. The van der Waals surface area contributed by atoms with Gasteiger partial charge in [0.05, 0.1) is 11.1 Å². The van der Waals surface area contributed by atoms with Crippen LogP contribution in [0.2, 0.25) is 0 Å². The van der Waals surface area contributed by atoms with Crippen LogP contribution in [0.3, 0.4) is 0 Å². The van der Waals surface area contributed by atoms with Gasteiger partial charge in [-0.05, 0) is 59.6 Å². The van der Waals surface area contributed by atoms with Crippen molar-refractivity contribution in [2.24, 2.45) is 22.4 Å². The molecule has 0 aliphatic heterocycles. The average Bonchev–Trinajstić information content (AvgIpc) is 3.38. The third-order valence-corrected chi connectivity index (χ3v) is 6.41. The summed E-state index contributed by atoms with van der Waals surface area (Å²) < 4.78 is 5.77. The van der Waals surface area contributed by atoms with Gasteiger partial charge in [-0.1, -0.05) is 31.9 Å². The number of ether oxygens (including phenoxy) is 1. The van der Waals surface area contributed by atoms with Crippen LogP contribution >= 0.6 is 0 Å². The highest BCUT2D eigenvalue weighted by Crippen LogP contribution is 2.66. The molecule has 0 heterocycles. The summed E-state index contributed by atoms with van der Waals surface area (Å²) in [6, 6.07) is 13.7. The van der Waals surface area contributed by atoms with Gasteiger partial charge in [-0.25, -0.2) is 5.43 Å². The van der Waals surface area contributed by atoms with Gasteiger partial charge < -0.3 is 4.74 Å². The molecular formula is C23H25N3O4. The summed E-state index contributed by atoms with van der Waals surface area (Å²) in [5.74, 6) is 1.28. The van der Waals surface area contributed by atoms with Gasteiger partial charge >= 0.3 is 0 Å². The van der Waals surface area contributed by atoms with E-state index in [0.29, 0.717) is 18.3 Å². The van der Waals surface area contributed by atoms with Crippen molar-refractivity contribution in [2.75, 3.05) is 0 Å². The number of non-ortho nitro benzene ring substituents is 1. The van der Waals surface area contributed by atoms with E-state index >= 15 is 0 Å². The van der Waals surface area contributed by atoms with Crippen LogP contribution in [0.25, 0.3) is 0 Å². The molecule has 7 heteroatoms. The zero-order chi connectivity index (χ0) is 21.1. The molecule has 4 rings (SSSR count). The first-order chi connectivity index (χ1) is 14.5. The van der Waals surface area contributed by atoms with Crippen molar-refractivity contribution < 1.29 is 14.5 Å². The summed E-state index contributed by atoms with van der Waals surface area (Å²) in [5, 5.41) is 14.8. The standard InChI is InChI=1S/C23H25N3O4/c1-23-12-3-2-7-20(23)21(23)22(27)25-24-14-17-5-4-6-19(13-17)30-15-16-8-10-18(11-9-16)26(28)29/h4-6,8-11,13-14,20-21H,2-3,7,12,15H2,1H3,(H,25,27)/b24-14-/t20-,21+,23+/m1/s1. The van der Waals surface area contributed by atoms with Gasteiger partial charge in [0.1, 0.15) is 12.4 Å². The molecule has 2 aliphatic rings. The highest BCUT2D eigenvalue weighted by molar-refractivity contribution is 5.86. The fourth-order valence-electron chi connectivity index (χ4n) is 4.66. The third-order valence-electron chi connectivity index (χ3n) is 6.41. The van der Waals surface area contributed by atoms with E-state index in [1.165, 1.54) is 25.0 Å². The van der Waals surface area contributed by atoms with E-state index < -0.39 is 4.92 Å². The van der Waals surface area contributed by atoms with Crippen molar-refractivity contribution in [3.63, 3.8) is 0 Å². The lowest BCUT2D eigenvalue weighted by atomic mass is 9.90. The van der Waals surface area contributed by atoms with Crippen molar-refractivity contribution in [1.82, 2.24) is 5.43 Å². The van der Waals surface area contributed by atoms with Crippen LogP contribution in [0.15, 0.2) is 53.6 Å². The van der Waals surface area contributed by atoms with E-state index in [-0.39, 0.29) is 22.9 Å². The Morgan fingerprint density at radius 2 is 2.10 bits per heavy atom. The number of rotatable bonds is 7. The summed E-state index contributed by atoms with van der Waals surface area (Å²) in [6.07, 6.45) is 6.33. The number of benzene rings is 2. The number of nitrogens with zero attached hydrogens (tertiary/aromatic N) is 2. The molecule has 0 bridgehead atoms. The van der Waals surface area contributed by atoms with Crippen LogP contribution in [0.5, 0.6) is 5.75 Å². The van der Waals surface area contributed by atoms with Crippen LogP contribution in [0.1, 0.15) is 43.7 Å². The molecule has 0 saturated heterocycles. The summed E-state index contributed by atoms with van der Waals surface area (Å²) in [5.41, 5.74) is 4.58. The van der Waals surface area contributed by atoms with Crippen molar-refractivity contribution in [1.29, 1.82) is 0 Å². The van der Waals surface area contributed by atoms with E-state index in [2.05, 4.69) is 17.5 Å². The number of carbonyl (C=O) groups excluding carboxylic acids is 1. The molecule has 0 unspecified atom stereocenters. The fraction of sp³-hybridized carbons (Fsp3) is 0.391. The molecule has 2 saturated carbocycles. The predicted octanol–water partition coefficient (Wildman–Crippen LogP) is 4.45. The summed E-state index contributed by atoms with van der Waals surface area (Å²) in [7, 11) is 0. The lowest BCUT2D eigenvalue weighted by Crippen LogP contribution is -2.22. The quantitative estimate of drug-likeness (QED) is 0.417. The molecule has 2 aromatic rings. The van der Waals surface area contributed by atoms with Gasteiger partial charge in [-0.3, -0.25) is 14.9 Å². The number of nitro benzene ring substituents is 1. The number of carbonyl (C=O) groups is 1. The molecule has 30 heavy (non-hydrogen) atoms. The fourth-order valence-corrected chi connectivity index (χ4v) is 4.66. The Morgan fingerprint density at radius 3 is 2.80 bits per heavy atom. The van der Waals surface area contributed by atoms with E-state index in [9.17, 15) is 14.9 Å². The first kappa shape index (κ1) is 20.1. The second-order valence-electron chi connectivity index (χ2n) is 8.35. The number of nitrogens with one attached hydrogen (secondary N) is 1. The highest BCUT2D eigenvalue weighted by Gasteiger charge is 2.64. The molecule has 7 nitrogen and oxygen atoms in total. The molecule has 0 aromatic heterocycles. The van der Waals surface area contributed by atoms with Gasteiger partial charge in [0.15, 0.2) is 0 Å². The maximum absolute atomic E-state index is 12.5. The molecule has 3 atom stereocenters. The zero-order valence-corrected chi connectivity index (χ0v) is 16.9. The molecule has 1 amide bonds. The Labute approximate surface area is 175 Å². The zero-order valence-electron chi connectivity index (χ0n) is 16.9. The van der Waals surface area contributed by atoms with Gasteiger partial charge in [0.25, 0.3) is 5.69 Å². The SMILES string of the molecule is C[C@]12CCCC[C@@H]1[C@H]2C(=O)N/N=C\c1cccc(OCc2ccc([N+](=O)[O-])cc2)c1. The normalized spacial score (nSPS) is 24.8. The number of hydrazone groups is 1. The Balaban J connectivity index is 1.30. The van der Waals surface area contributed by atoms with Crippen molar-refractivity contribution in [2.45, 2.75) is 39.2 Å². The van der Waals surface area contributed by atoms with Crippen LogP contribution in [0.4, 0.5) is 5.69 Å². The monoisotopic (exact) mass is 407 g/mol. The molecule has 1 N–H and O–H groups in total. The van der Waals surface area contributed by atoms with Crippen LogP contribution in [-0.4, -0.2) is 17.0 Å². The Kier molecular flexibility index (Phi) is 5.53.